The number of nitrogens with one attached hydrogen (secondary N) is 1. The monoisotopic (exact) mass is 818 g/mol. The SMILES string of the molecule is CCCCCCCC/C=C\C/C=C/C(CC(=O)NC(CO)C(O)CCCCCCCCCCCCCCCCCCC)OC(=O)CCCCCCCCCCCCC. The van der Waals surface area contributed by atoms with Gasteiger partial charge in [-0.15, -0.1) is 0 Å². The molecule has 0 spiro atoms. The molecule has 6 heteroatoms. The van der Waals surface area contributed by atoms with Crippen molar-refractivity contribution in [1.29, 1.82) is 0 Å². The van der Waals surface area contributed by atoms with E-state index in [0.29, 0.717) is 12.8 Å². The van der Waals surface area contributed by atoms with Crippen LogP contribution in [-0.4, -0.2) is 46.9 Å². The Hall–Kier alpha value is -1.66. The largest absolute Gasteiger partial charge is 0.458 e. The van der Waals surface area contributed by atoms with Gasteiger partial charge in [0, 0.05) is 6.42 Å². The molecule has 58 heavy (non-hydrogen) atoms. The normalized spacial score (nSPS) is 13.4. The second-order valence-corrected chi connectivity index (χ2v) is 17.6. The Morgan fingerprint density at radius 3 is 1.34 bits per heavy atom. The van der Waals surface area contributed by atoms with Crippen LogP contribution in [0.25, 0.3) is 0 Å². The Morgan fingerprint density at radius 1 is 0.517 bits per heavy atom. The van der Waals surface area contributed by atoms with Gasteiger partial charge in [0.1, 0.15) is 6.10 Å². The number of hydrogen-bond donors (Lipinski definition) is 3. The second kappa shape index (κ2) is 46.4. The standard InChI is InChI=1S/C52H99NO5/c1-4-7-10-13-16-19-22-23-24-25-26-27-30-32-35-38-41-44-50(55)49(47-54)53-51(56)46-48(43-40-37-34-31-28-20-17-14-11-8-5-2)58-52(57)45-42-39-36-33-29-21-18-15-12-9-6-3/h31,34,40,43,48-50,54-55H,4-30,32-33,35-39,41-42,44-47H2,1-3H3,(H,53,56)/b34-31-,43-40+. The number of carbonyl (C=O) groups is 2. The maximum Gasteiger partial charge on any atom is 0.306 e. The fraction of sp³-hybridized carbons (Fsp3) is 0.885. The lowest BCUT2D eigenvalue weighted by molar-refractivity contribution is -0.148. The summed E-state index contributed by atoms with van der Waals surface area (Å²) < 4.78 is 5.81. The Bertz CT molecular complexity index is 919. The maximum atomic E-state index is 13.1. The van der Waals surface area contributed by atoms with Gasteiger partial charge in [-0.25, -0.2) is 0 Å². The molecule has 0 aliphatic rings. The van der Waals surface area contributed by atoms with E-state index in [0.717, 1.165) is 51.4 Å². The molecule has 3 N–H and O–H groups in total. The molecule has 0 aliphatic carbocycles. The molecule has 0 aromatic carbocycles. The Balaban J connectivity index is 4.51. The Labute approximate surface area is 361 Å². The van der Waals surface area contributed by atoms with Crippen molar-refractivity contribution in [2.75, 3.05) is 6.61 Å². The minimum absolute atomic E-state index is 0.0235. The van der Waals surface area contributed by atoms with Crippen LogP contribution in [0.15, 0.2) is 24.3 Å². The van der Waals surface area contributed by atoms with Crippen molar-refractivity contribution < 1.29 is 24.5 Å². The zero-order chi connectivity index (χ0) is 42.4. The molecule has 1 amide bonds. The zero-order valence-electron chi connectivity index (χ0n) is 38.9. The summed E-state index contributed by atoms with van der Waals surface area (Å²) >= 11 is 0. The Morgan fingerprint density at radius 2 is 0.914 bits per heavy atom. The molecule has 3 atom stereocenters. The summed E-state index contributed by atoms with van der Waals surface area (Å²) in [5.41, 5.74) is 0. The van der Waals surface area contributed by atoms with Crippen molar-refractivity contribution in [2.24, 2.45) is 0 Å². The first-order valence-corrected chi connectivity index (χ1v) is 25.6. The van der Waals surface area contributed by atoms with E-state index < -0.39 is 18.2 Å². The van der Waals surface area contributed by atoms with Gasteiger partial charge in [-0.3, -0.25) is 9.59 Å². The average molecular weight is 818 g/mol. The van der Waals surface area contributed by atoms with E-state index in [1.165, 1.54) is 180 Å². The van der Waals surface area contributed by atoms with E-state index in [4.69, 9.17) is 4.74 Å². The molecule has 0 bridgehead atoms. The quantitative estimate of drug-likeness (QED) is 0.0323. The van der Waals surface area contributed by atoms with Crippen molar-refractivity contribution in [1.82, 2.24) is 5.32 Å². The fourth-order valence-corrected chi connectivity index (χ4v) is 7.87. The molecule has 0 aromatic heterocycles. The Kier molecular flexibility index (Phi) is 45.1. The molecule has 0 saturated carbocycles. The van der Waals surface area contributed by atoms with Crippen LogP contribution >= 0.6 is 0 Å². The molecule has 0 heterocycles. The fourth-order valence-electron chi connectivity index (χ4n) is 7.87. The van der Waals surface area contributed by atoms with Gasteiger partial charge in [-0.05, 0) is 38.2 Å². The topological polar surface area (TPSA) is 95.9 Å². The number of ether oxygens (including phenoxy) is 1. The van der Waals surface area contributed by atoms with Crippen LogP contribution < -0.4 is 5.32 Å². The van der Waals surface area contributed by atoms with Crippen LogP contribution in [-0.2, 0) is 14.3 Å². The van der Waals surface area contributed by atoms with Crippen LogP contribution in [0, 0.1) is 0 Å². The van der Waals surface area contributed by atoms with Gasteiger partial charge in [0.05, 0.1) is 25.2 Å². The number of hydrogen-bond acceptors (Lipinski definition) is 5. The lowest BCUT2D eigenvalue weighted by atomic mass is 10.0. The molecule has 0 aliphatic heterocycles. The smallest absolute Gasteiger partial charge is 0.306 e. The molecule has 3 unspecified atom stereocenters. The average Bonchev–Trinajstić information content (AvgIpc) is 3.22. The molecular weight excluding hydrogens is 719 g/mol. The number of amides is 1. The number of rotatable bonds is 46. The number of esters is 1. The van der Waals surface area contributed by atoms with Crippen LogP contribution in [0.4, 0.5) is 0 Å². The highest BCUT2D eigenvalue weighted by atomic mass is 16.5. The molecule has 0 radical (unpaired) electrons. The van der Waals surface area contributed by atoms with Crippen molar-refractivity contribution in [3.05, 3.63) is 24.3 Å². The van der Waals surface area contributed by atoms with Gasteiger partial charge >= 0.3 is 5.97 Å². The number of aliphatic hydroxyl groups is 2. The van der Waals surface area contributed by atoms with Gasteiger partial charge in [-0.1, -0.05) is 244 Å². The second-order valence-electron chi connectivity index (χ2n) is 17.6. The summed E-state index contributed by atoms with van der Waals surface area (Å²) in [6.45, 7) is 6.45. The van der Waals surface area contributed by atoms with E-state index in [-0.39, 0.29) is 24.9 Å². The first-order valence-electron chi connectivity index (χ1n) is 25.6. The highest BCUT2D eigenvalue weighted by molar-refractivity contribution is 5.78. The summed E-state index contributed by atoms with van der Waals surface area (Å²) in [5.74, 6) is -0.592. The van der Waals surface area contributed by atoms with Gasteiger partial charge in [0.15, 0.2) is 0 Å². The van der Waals surface area contributed by atoms with Gasteiger partial charge in [0.2, 0.25) is 5.91 Å². The van der Waals surface area contributed by atoms with E-state index in [9.17, 15) is 19.8 Å². The maximum absolute atomic E-state index is 13.1. The van der Waals surface area contributed by atoms with Crippen molar-refractivity contribution >= 4 is 11.9 Å². The molecule has 6 nitrogen and oxygen atoms in total. The first kappa shape index (κ1) is 56.3. The van der Waals surface area contributed by atoms with Gasteiger partial charge in [-0.2, -0.15) is 0 Å². The minimum Gasteiger partial charge on any atom is -0.458 e. The first-order chi connectivity index (χ1) is 28.5. The highest BCUT2D eigenvalue weighted by Crippen LogP contribution is 2.17. The van der Waals surface area contributed by atoms with Crippen LogP contribution in [0.1, 0.15) is 271 Å². The summed E-state index contributed by atoms with van der Waals surface area (Å²) in [4.78, 5) is 26.0. The summed E-state index contributed by atoms with van der Waals surface area (Å²) in [6.07, 6.45) is 52.7. The third-order valence-electron chi connectivity index (χ3n) is 11.8. The minimum atomic E-state index is -0.806. The molecule has 0 aromatic rings. The highest BCUT2D eigenvalue weighted by Gasteiger charge is 2.23. The number of aliphatic hydroxyl groups excluding tert-OH is 2. The predicted molar refractivity (Wildman–Crippen MR) is 250 cm³/mol. The van der Waals surface area contributed by atoms with Crippen LogP contribution in [0.3, 0.4) is 0 Å². The molecular formula is C52H99NO5. The lowest BCUT2D eigenvalue weighted by Gasteiger charge is -2.23. The lowest BCUT2D eigenvalue weighted by Crippen LogP contribution is -2.46. The van der Waals surface area contributed by atoms with Gasteiger partial charge in [0.25, 0.3) is 0 Å². The third kappa shape index (κ3) is 41.1. The number of allylic oxidation sites excluding steroid dienone is 3. The molecule has 342 valence electrons. The van der Waals surface area contributed by atoms with Gasteiger partial charge < -0.3 is 20.3 Å². The van der Waals surface area contributed by atoms with Crippen molar-refractivity contribution in [2.45, 2.75) is 289 Å². The number of unbranched alkanes of at least 4 members (excludes halogenated alkanes) is 32. The third-order valence-corrected chi connectivity index (χ3v) is 11.8. The van der Waals surface area contributed by atoms with Crippen molar-refractivity contribution in [3.63, 3.8) is 0 Å². The number of carbonyl (C=O) groups excluding carboxylic acids is 2. The molecule has 0 fully saturated rings. The molecule has 0 rings (SSSR count). The zero-order valence-corrected chi connectivity index (χ0v) is 38.9. The van der Waals surface area contributed by atoms with E-state index >= 15 is 0 Å². The van der Waals surface area contributed by atoms with Crippen LogP contribution in [0.2, 0.25) is 0 Å². The summed E-state index contributed by atoms with van der Waals surface area (Å²) in [5, 5.41) is 23.7. The van der Waals surface area contributed by atoms with E-state index in [1.807, 2.05) is 12.2 Å². The van der Waals surface area contributed by atoms with Crippen molar-refractivity contribution in [3.8, 4) is 0 Å². The predicted octanol–water partition coefficient (Wildman–Crippen LogP) is 15.1. The van der Waals surface area contributed by atoms with E-state index in [1.54, 1.807) is 0 Å². The summed E-state index contributed by atoms with van der Waals surface area (Å²) in [7, 11) is 0. The molecule has 0 saturated heterocycles. The summed E-state index contributed by atoms with van der Waals surface area (Å²) in [6, 6.07) is -0.727. The van der Waals surface area contributed by atoms with Crippen LogP contribution in [0.5, 0.6) is 0 Å². The van der Waals surface area contributed by atoms with E-state index in [2.05, 4.69) is 38.2 Å².